The summed E-state index contributed by atoms with van der Waals surface area (Å²) in [5.74, 6) is 1.49. The van der Waals surface area contributed by atoms with Crippen LogP contribution in [0.2, 0.25) is 0 Å². The van der Waals surface area contributed by atoms with Crippen LogP contribution in [0.15, 0.2) is 6.20 Å². The second-order valence-corrected chi connectivity index (χ2v) is 5.05. The maximum Gasteiger partial charge on any atom is 0.157 e. The number of rotatable bonds is 2. The van der Waals surface area contributed by atoms with E-state index in [1.54, 1.807) is 0 Å². The maximum atomic E-state index is 5.73. The van der Waals surface area contributed by atoms with Crippen molar-refractivity contribution in [2.45, 2.75) is 38.2 Å². The van der Waals surface area contributed by atoms with Gasteiger partial charge >= 0.3 is 0 Å². The monoisotopic (exact) mass is 233 g/mol. The summed E-state index contributed by atoms with van der Waals surface area (Å²) in [7, 11) is 0. The molecule has 92 valence electrons. The van der Waals surface area contributed by atoms with Gasteiger partial charge in [-0.2, -0.15) is 0 Å². The average Bonchev–Trinajstić information content (AvgIpc) is 2.91. The van der Waals surface area contributed by atoms with E-state index in [4.69, 9.17) is 10.5 Å². The van der Waals surface area contributed by atoms with Crippen LogP contribution in [0.3, 0.4) is 0 Å². The second-order valence-electron chi connectivity index (χ2n) is 5.05. The SMILES string of the molecule is NCC1CCc2nc(C3CCCO3)ncc2C1. The van der Waals surface area contributed by atoms with Gasteiger partial charge in [-0.15, -0.1) is 0 Å². The number of aromatic nitrogens is 2. The van der Waals surface area contributed by atoms with Crippen molar-refractivity contribution in [2.24, 2.45) is 11.7 Å². The van der Waals surface area contributed by atoms with Crippen molar-refractivity contribution >= 4 is 0 Å². The van der Waals surface area contributed by atoms with Gasteiger partial charge in [0.2, 0.25) is 0 Å². The van der Waals surface area contributed by atoms with Gasteiger partial charge in [0.25, 0.3) is 0 Å². The lowest BCUT2D eigenvalue weighted by atomic mass is 9.87. The van der Waals surface area contributed by atoms with E-state index < -0.39 is 0 Å². The topological polar surface area (TPSA) is 61.0 Å². The van der Waals surface area contributed by atoms with Crippen LogP contribution in [0.25, 0.3) is 0 Å². The number of nitrogens with zero attached hydrogens (tertiary/aromatic N) is 2. The van der Waals surface area contributed by atoms with Crippen LogP contribution in [0.5, 0.6) is 0 Å². The lowest BCUT2D eigenvalue weighted by Crippen LogP contribution is -2.23. The van der Waals surface area contributed by atoms with Gasteiger partial charge in [0.15, 0.2) is 5.82 Å². The third-order valence-electron chi connectivity index (χ3n) is 3.82. The van der Waals surface area contributed by atoms with Gasteiger partial charge in [0.05, 0.1) is 0 Å². The van der Waals surface area contributed by atoms with Crippen molar-refractivity contribution in [3.8, 4) is 0 Å². The molecule has 2 unspecified atom stereocenters. The van der Waals surface area contributed by atoms with Crippen molar-refractivity contribution in [2.75, 3.05) is 13.2 Å². The minimum absolute atomic E-state index is 0.132. The van der Waals surface area contributed by atoms with Gasteiger partial charge < -0.3 is 10.5 Å². The highest BCUT2D eigenvalue weighted by molar-refractivity contribution is 5.22. The van der Waals surface area contributed by atoms with E-state index in [0.717, 1.165) is 51.1 Å². The normalized spacial score (nSPS) is 28.1. The van der Waals surface area contributed by atoms with Gasteiger partial charge in [0, 0.05) is 18.5 Å². The quantitative estimate of drug-likeness (QED) is 0.838. The van der Waals surface area contributed by atoms with Crippen LogP contribution in [-0.4, -0.2) is 23.1 Å². The standard InChI is InChI=1S/C13H19N3O/c14-7-9-3-4-11-10(6-9)8-15-13(16-11)12-2-1-5-17-12/h8-9,12H,1-7,14H2. The van der Waals surface area contributed by atoms with Gasteiger partial charge in [0.1, 0.15) is 6.10 Å². The summed E-state index contributed by atoms with van der Waals surface area (Å²) in [6, 6.07) is 0. The van der Waals surface area contributed by atoms with Crippen molar-refractivity contribution in [1.82, 2.24) is 9.97 Å². The number of hydrogen-bond donors (Lipinski definition) is 1. The average molecular weight is 233 g/mol. The molecule has 1 aliphatic heterocycles. The summed E-state index contributed by atoms with van der Waals surface area (Å²) in [5.41, 5.74) is 8.23. The molecule has 2 heterocycles. The Labute approximate surface area is 102 Å². The molecule has 0 bridgehead atoms. The molecule has 2 aliphatic rings. The molecule has 1 saturated heterocycles. The molecule has 0 saturated carbocycles. The third-order valence-corrected chi connectivity index (χ3v) is 3.82. The van der Waals surface area contributed by atoms with E-state index >= 15 is 0 Å². The Kier molecular flexibility index (Phi) is 3.07. The first-order chi connectivity index (χ1) is 8.36. The zero-order chi connectivity index (χ0) is 11.7. The number of hydrogen-bond acceptors (Lipinski definition) is 4. The van der Waals surface area contributed by atoms with Crippen molar-refractivity contribution in [1.29, 1.82) is 0 Å². The maximum absolute atomic E-state index is 5.73. The van der Waals surface area contributed by atoms with Gasteiger partial charge in [-0.1, -0.05) is 0 Å². The Hall–Kier alpha value is -1.00. The van der Waals surface area contributed by atoms with E-state index in [-0.39, 0.29) is 6.10 Å². The Balaban J connectivity index is 1.82. The number of fused-ring (bicyclic) bond motifs is 1. The summed E-state index contributed by atoms with van der Waals surface area (Å²) in [5, 5.41) is 0. The lowest BCUT2D eigenvalue weighted by Gasteiger charge is -2.23. The zero-order valence-electron chi connectivity index (χ0n) is 10.1. The molecule has 0 radical (unpaired) electrons. The molecule has 2 N–H and O–H groups in total. The molecule has 1 aromatic heterocycles. The van der Waals surface area contributed by atoms with Gasteiger partial charge in [-0.3, -0.25) is 0 Å². The minimum Gasteiger partial charge on any atom is -0.370 e. The largest absolute Gasteiger partial charge is 0.370 e. The van der Waals surface area contributed by atoms with E-state index in [1.807, 2.05) is 6.20 Å². The fourth-order valence-corrected chi connectivity index (χ4v) is 2.74. The zero-order valence-corrected chi connectivity index (χ0v) is 10.1. The van der Waals surface area contributed by atoms with Crippen LogP contribution in [0.4, 0.5) is 0 Å². The van der Waals surface area contributed by atoms with E-state index in [1.165, 1.54) is 11.3 Å². The summed E-state index contributed by atoms with van der Waals surface area (Å²) in [6.45, 7) is 1.62. The molecule has 1 aromatic rings. The summed E-state index contributed by atoms with van der Waals surface area (Å²) in [6.07, 6.45) is 7.54. The Morgan fingerprint density at radius 2 is 2.35 bits per heavy atom. The summed E-state index contributed by atoms with van der Waals surface area (Å²) in [4.78, 5) is 9.15. The van der Waals surface area contributed by atoms with Crippen LogP contribution in [0, 0.1) is 5.92 Å². The molecule has 0 spiro atoms. The number of aryl methyl sites for hydroxylation is 1. The van der Waals surface area contributed by atoms with Gasteiger partial charge in [-0.05, 0) is 50.1 Å². The number of nitrogens with two attached hydrogens (primary N) is 1. The highest BCUT2D eigenvalue weighted by Crippen LogP contribution is 2.28. The molecule has 17 heavy (non-hydrogen) atoms. The van der Waals surface area contributed by atoms with Crippen LogP contribution in [-0.2, 0) is 17.6 Å². The molecule has 2 atom stereocenters. The smallest absolute Gasteiger partial charge is 0.157 e. The first kappa shape index (κ1) is 11.1. The predicted octanol–water partition coefficient (Wildman–Crippen LogP) is 1.39. The van der Waals surface area contributed by atoms with Crippen LogP contribution < -0.4 is 5.73 Å². The fourth-order valence-electron chi connectivity index (χ4n) is 2.74. The molecule has 0 amide bonds. The van der Waals surface area contributed by atoms with Gasteiger partial charge in [-0.25, -0.2) is 9.97 Å². The predicted molar refractivity (Wildman–Crippen MR) is 64.5 cm³/mol. The Morgan fingerprint density at radius 3 is 3.12 bits per heavy atom. The molecular formula is C13H19N3O. The molecular weight excluding hydrogens is 214 g/mol. The molecule has 4 heteroatoms. The minimum atomic E-state index is 0.132. The highest BCUT2D eigenvalue weighted by atomic mass is 16.5. The third kappa shape index (κ3) is 2.19. The number of ether oxygens (including phenoxy) is 1. The molecule has 0 aromatic carbocycles. The molecule has 1 aliphatic carbocycles. The summed E-state index contributed by atoms with van der Waals surface area (Å²) < 4.78 is 5.63. The fraction of sp³-hybridized carbons (Fsp3) is 0.692. The Morgan fingerprint density at radius 1 is 1.41 bits per heavy atom. The highest BCUT2D eigenvalue weighted by Gasteiger charge is 2.24. The second kappa shape index (κ2) is 4.70. The van der Waals surface area contributed by atoms with Crippen molar-refractivity contribution in [3.63, 3.8) is 0 Å². The van der Waals surface area contributed by atoms with Crippen molar-refractivity contribution in [3.05, 3.63) is 23.3 Å². The van der Waals surface area contributed by atoms with E-state index in [0.29, 0.717) is 5.92 Å². The lowest BCUT2D eigenvalue weighted by molar-refractivity contribution is 0.104. The van der Waals surface area contributed by atoms with Crippen LogP contribution in [0.1, 0.15) is 42.4 Å². The molecule has 1 fully saturated rings. The molecule has 4 nitrogen and oxygen atoms in total. The first-order valence-electron chi connectivity index (χ1n) is 6.53. The first-order valence-corrected chi connectivity index (χ1v) is 6.53. The van der Waals surface area contributed by atoms with E-state index in [9.17, 15) is 0 Å². The van der Waals surface area contributed by atoms with Crippen molar-refractivity contribution < 1.29 is 4.74 Å². The van der Waals surface area contributed by atoms with Crippen LogP contribution >= 0.6 is 0 Å². The summed E-state index contributed by atoms with van der Waals surface area (Å²) >= 11 is 0. The van der Waals surface area contributed by atoms with E-state index in [2.05, 4.69) is 9.97 Å². The Bertz CT molecular complexity index is 402. The molecule has 3 rings (SSSR count).